The molecule has 0 aromatic rings. The molecule has 0 radical (unpaired) electrons. The number of nitrogens with two attached hydrogens (primary N) is 2. The largest absolute Gasteiger partial charge is 0.368 e. The molecule has 0 saturated heterocycles. The lowest BCUT2D eigenvalue weighted by atomic mass is 10.1. The van der Waals surface area contributed by atoms with Gasteiger partial charge in [-0.15, -0.1) is 0 Å². The van der Waals surface area contributed by atoms with Crippen LogP contribution in [0.1, 0.15) is 13.8 Å². The van der Waals surface area contributed by atoms with E-state index in [1.807, 2.05) is 0 Å². The van der Waals surface area contributed by atoms with Crippen LogP contribution in [0.25, 0.3) is 0 Å². The van der Waals surface area contributed by atoms with Gasteiger partial charge < -0.3 is 16.4 Å². The van der Waals surface area contributed by atoms with Gasteiger partial charge in [-0.2, -0.15) is 0 Å². The molecule has 0 aliphatic carbocycles. The molecule has 0 rings (SSSR count). The molecular weight excluding hydrogens is 170 g/mol. The number of rotatable bonds is 5. The van der Waals surface area contributed by atoms with Gasteiger partial charge in [-0.3, -0.25) is 9.59 Å². The van der Waals surface area contributed by atoms with Crippen LogP contribution >= 0.6 is 0 Å². The van der Waals surface area contributed by atoms with Crippen LogP contribution < -0.4 is 11.5 Å². The average molecular weight is 187 g/mol. The second kappa shape index (κ2) is 5.53. The first kappa shape index (κ1) is 11.9. The normalized spacial score (nSPS) is 12.2. The Hall–Kier alpha value is -1.10. The molecular formula is C8H17N3O2. The van der Waals surface area contributed by atoms with Crippen LogP contribution in [0.2, 0.25) is 0 Å². The molecule has 0 aromatic carbocycles. The maximum atomic E-state index is 11.5. The molecule has 0 aliphatic heterocycles. The molecule has 0 heterocycles. The van der Waals surface area contributed by atoms with E-state index in [0.29, 0.717) is 6.54 Å². The van der Waals surface area contributed by atoms with Gasteiger partial charge in [0, 0.05) is 19.0 Å². The van der Waals surface area contributed by atoms with Gasteiger partial charge >= 0.3 is 0 Å². The number of likely N-dealkylation sites (N-methyl/N-ethyl adjacent to an activating group) is 1. The van der Waals surface area contributed by atoms with E-state index in [1.54, 1.807) is 13.8 Å². The van der Waals surface area contributed by atoms with Gasteiger partial charge in [0.1, 0.15) is 0 Å². The van der Waals surface area contributed by atoms with Crippen molar-refractivity contribution in [1.82, 2.24) is 4.90 Å². The highest BCUT2D eigenvalue weighted by atomic mass is 16.2. The van der Waals surface area contributed by atoms with Crippen molar-refractivity contribution in [3.05, 3.63) is 0 Å². The smallest absolute Gasteiger partial charge is 0.237 e. The zero-order valence-electron chi connectivity index (χ0n) is 8.12. The number of hydrogen-bond donors (Lipinski definition) is 2. The van der Waals surface area contributed by atoms with Crippen molar-refractivity contribution in [2.24, 2.45) is 17.4 Å². The lowest BCUT2D eigenvalue weighted by molar-refractivity contribution is -0.137. The fourth-order valence-electron chi connectivity index (χ4n) is 0.946. The Morgan fingerprint density at radius 3 is 2.31 bits per heavy atom. The third-order valence-electron chi connectivity index (χ3n) is 1.82. The zero-order valence-corrected chi connectivity index (χ0v) is 8.12. The molecule has 0 spiro atoms. The van der Waals surface area contributed by atoms with E-state index in [0.717, 1.165) is 0 Å². The van der Waals surface area contributed by atoms with E-state index in [-0.39, 0.29) is 24.9 Å². The highest BCUT2D eigenvalue weighted by Gasteiger charge is 2.18. The van der Waals surface area contributed by atoms with Gasteiger partial charge in [0.05, 0.1) is 6.54 Å². The number of carbonyl (C=O) groups is 2. The van der Waals surface area contributed by atoms with Crippen molar-refractivity contribution in [3.8, 4) is 0 Å². The summed E-state index contributed by atoms with van der Waals surface area (Å²) in [6.45, 7) is 4.26. The summed E-state index contributed by atoms with van der Waals surface area (Å²) in [6, 6.07) is 0. The Balaban J connectivity index is 4.22. The summed E-state index contributed by atoms with van der Waals surface area (Å²) in [7, 11) is 0. The van der Waals surface area contributed by atoms with E-state index in [4.69, 9.17) is 11.5 Å². The fourth-order valence-corrected chi connectivity index (χ4v) is 0.946. The van der Waals surface area contributed by atoms with Crippen LogP contribution in [-0.4, -0.2) is 36.3 Å². The lowest BCUT2D eigenvalue weighted by Gasteiger charge is -2.22. The van der Waals surface area contributed by atoms with Gasteiger partial charge in [-0.05, 0) is 6.92 Å². The first-order chi connectivity index (χ1) is 6.02. The van der Waals surface area contributed by atoms with Crippen LogP contribution in [0.5, 0.6) is 0 Å². The Kier molecular flexibility index (Phi) is 5.06. The molecule has 0 saturated carbocycles. The summed E-state index contributed by atoms with van der Waals surface area (Å²) in [5.41, 5.74) is 10.3. The van der Waals surface area contributed by atoms with Crippen molar-refractivity contribution in [1.29, 1.82) is 0 Å². The van der Waals surface area contributed by atoms with Crippen LogP contribution in [0.4, 0.5) is 0 Å². The van der Waals surface area contributed by atoms with Gasteiger partial charge in [-0.25, -0.2) is 0 Å². The third-order valence-corrected chi connectivity index (χ3v) is 1.82. The predicted octanol–water partition coefficient (Wildman–Crippen LogP) is -1.08. The van der Waals surface area contributed by atoms with E-state index in [1.165, 1.54) is 4.90 Å². The molecule has 0 aliphatic rings. The Morgan fingerprint density at radius 2 is 2.00 bits per heavy atom. The molecule has 0 bridgehead atoms. The molecule has 1 unspecified atom stereocenters. The Bertz CT molecular complexity index is 194. The van der Waals surface area contributed by atoms with E-state index in [2.05, 4.69) is 0 Å². The quantitative estimate of drug-likeness (QED) is 0.573. The molecule has 0 fully saturated rings. The van der Waals surface area contributed by atoms with Crippen LogP contribution in [0.3, 0.4) is 0 Å². The number of amides is 2. The van der Waals surface area contributed by atoms with Crippen molar-refractivity contribution in [2.75, 3.05) is 19.6 Å². The minimum Gasteiger partial charge on any atom is -0.368 e. The van der Waals surface area contributed by atoms with Crippen LogP contribution in [0, 0.1) is 5.92 Å². The molecule has 5 heteroatoms. The first-order valence-corrected chi connectivity index (χ1v) is 4.30. The van der Waals surface area contributed by atoms with Crippen molar-refractivity contribution in [3.63, 3.8) is 0 Å². The van der Waals surface area contributed by atoms with Gasteiger partial charge in [0.2, 0.25) is 11.8 Å². The molecule has 4 N–H and O–H groups in total. The summed E-state index contributed by atoms with van der Waals surface area (Å²) < 4.78 is 0. The maximum Gasteiger partial charge on any atom is 0.237 e. The Labute approximate surface area is 78.1 Å². The summed E-state index contributed by atoms with van der Waals surface area (Å²) in [5, 5.41) is 0. The third kappa shape index (κ3) is 3.89. The van der Waals surface area contributed by atoms with Gasteiger partial charge in [-0.1, -0.05) is 6.92 Å². The van der Waals surface area contributed by atoms with Crippen LogP contribution in [-0.2, 0) is 9.59 Å². The minimum atomic E-state index is -0.501. The molecule has 76 valence electrons. The van der Waals surface area contributed by atoms with E-state index >= 15 is 0 Å². The van der Waals surface area contributed by atoms with Crippen molar-refractivity contribution in [2.45, 2.75) is 13.8 Å². The van der Waals surface area contributed by atoms with Crippen molar-refractivity contribution >= 4 is 11.8 Å². The van der Waals surface area contributed by atoms with Gasteiger partial charge in [0.25, 0.3) is 0 Å². The number of carbonyl (C=O) groups excluding carboxylic acids is 2. The van der Waals surface area contributed by atoms with E-state index < -0.39 is 5.91 Å². The average Bonchev–Trinajstić information content (AvgIpc) is 2.11. The number of primary amides is 1. The highest BCUT2D eigenvalue weighted by Crippen LogP contribution is 1.99. The standard InChI is InChI=1S/C8H17N3O2/c1-3-11(5-7(10)12)8(13)6(2)4-9/h6H,3-5,9H2,1-2H3,(H2,10,12). The fraction of sp³-hybridized carbons (Fsp3) is 0.750. The van der Waals surface area contributed by atoms with Gasteiger partial charge in [0.15, 0.2) is 0 Å². The van der Waals surface area contributed by atoms with E-state index in [9.17, 15) is 9.59 Å². The minimum absolute atomic E-state index is 0.0281. The molecule has 1 atom stereocenters. The second-order valence-corrected chi connectivity index (χ2v) is 2.96. The molecule has 13 heavy (non-hydrogen) atoms. The van der Waals surface area contributed by atoms with Crippen LogP contribution in [0.15, 0.2) is 0 Å². The summed E-state index contributed by atoms with van der Waals surface area (Å²) in [4.78, 5) is 23.5. The summed E-state index contributed by atoms with van der Waals surface area (Å²) >= 11 is 0. The Morgan fingerprint density at radius 1 is 1.46 bits per heavy atom. The molecule has 5 nitrogen and oxygen atoms in total. The highest BCUT2D eigenvalue weighted by molar-refractivity contribution is 5.85. The molecule has 2 amide bonds. The number of nitrogens with zero attached hydrogens (tertiary/aromatic N) is 1. The predicted molar refractivity (Wildman–Crippen MR) is 49.7 cm³/mol. The first-order valence-electron chi connectivity index (χ1n) is 4.30. The summed E-state index contributed by atoms with van der Waals surface area (Å²) in [6.07, 6.45) is 0. The zero-order chi connectivity index (χ0) is 10.4. The SMILES string of the molecule is CCN(CC(N)=O)C(=O)C(C)CN. The summed E-state index contributed by atoms with van der Waals surface area (Å²) in [5.74, 6) is -0.873. The van der Waals surface area contributed by atoms with Crippen molar-refractivity contribution < 1.29 is 9.59 Å². The molecule has 0 aromatic heterocycles. The maximum absolute atomic E-state index is 11.5. The second-order valence-electron chi connectivity index (χ2n) is 2.96. The topological polar surface area (TPSA) is 89.4 Å². The lowest BCUT2D eigenvalue weighted by Crippen LogP contribution is -2.42. The monoisotopic (exact) mass is 187 g/mol. The number of hydrogen-bond acceptors (Lipinski definition) is 3.